The lowest BCUT2D eigenvalue weighted by Crippen LogP contribution is -1.95. The fourth-order valence-electron chi connectivity index (χ4n) is 1.67. The lowest BCUT2D eigenvalue weighted by Gasteiger charge is -2.00. The molecule has 5 nitrogen and oxygen atoms in total. The van der Waals surface area contributed by atoms with Gasteiger partial charge in [-0.2, -0.15) is 0 Å². The summed E-state index contributed by atoms with van der Waals surface area (Å²) in [5, 5.41) is 10.7. The highest BCUT2D eigenvalue weighted by atomic mass is 16.6. The number of allylic oxidation sites excluding steroid dienone is 1. The third kappa shape index (κ3) is 2.95. The summed E-state index contributed by atoms with van der Waals surface area (Å²) >= 11 is 0. The second-order valence-corrected chi connectivity index (χ2v) is 3.94. The van der Waals surface area contributed by atoms with Crippen LogP contribution >= 0.6 is 0 Å². The van der Waals surface area contributed by atoms with Gasteiger partial charge in [0.25, 0.3) is 5.69 Å². The predicted octanol–water partition coefficient (Wildman–Crippen LogP) is 3.32. The van der Waals surface area contributed by atoms with Crippen LogP contribution in [0.25, 0.3) is 11.6 Å². The van der Waals surface area contributed by atoms with Crippen LogP contribution in [0.1, 0.15) is 18.2 Å². The third-order valence-electron chi connectivity index (χ3n) is 2.56. The molecule has 1 aromatic carbocycles. The first-order valence-corrected chi connectivity index (χ1v) is 5.59. The number of hydrogen-bond donors (Lipinski definition) is 0. The zero-order chi connectivity index (χ0) is 13.8. The van der Waals surface area contributed by atoms with Gasteiger partial charge >= 0.3 is 0 Å². The number of carbonyl (C=O) groups excluding carboxylic acids is 1. The number of furan rings is 1. The van der Waals surface area contributed by atoms with Crippen LogP contribution < -0.4 is 0 Å². The Bertz CT molecular complexity index is 641. The number of carbonyl (C=O) groups is 1. The maximum atomic E-state index is 11.6. The van der Waals surface area contributed by atoms with Gasteiger partial charge in [0.15, 0.2) is 5.78 Å². The molecular formula is C14H11NO4. The van der Waals surface area contributed by atoms with Gasteiger partial charge in [-0.15, -0.1) is 0 Å². The zero-order valence-corrected chi connectivity index (χ0v) is 10.2. The fourth-order valence-corrected chi connectivity index (χ4v) is 1.67. The Hall–Kier alpha value is -2.69. The molecule has 0 aliphatic carbocycles. The quantitative estimate of drug-likeness (QED) is 0.478. The lowest BCUT2D eigenvalue weighted by molar-refractivity contribution is -0.384. The molecule has 0 unspecified atom stereocenters. The maximum Gasteiger partial charge on any atom is 0.270 e. The van der Waals surface area contributed by atoms with Crippen LogP contribution in [0.3, 0.4) is 0 Å². The van der Waals surface area contributed by atoms with Gasteiger partial charge in [0.05, 0.1) is 16.8 Å². The molecule has 5 heteroatoms. The van der Waals surface area contributed by atoms with Gasteiger partial charge in [-0.1, -0.05) is 12.1 Å². The Morgan fingerprint density at radius 1 is 1.32 bits per heavy atom. The predicted molar refractivity (Wildman–Crippen MR) is 70.4 cm³/mol. The third-order valence-corrected chi connectivity index (χ3v) is 2.56. The summed E-state index contributed by atoms with van der Waals surface area (Å²) in [6.07, 6.45) is 3.05. The number of nitro benzene ring substituents is 1. The number of nitrogens with zero attached hydrogens (tertiary/aromatic N) is 1. The second-order valence-electron chi connectivity index (χ2n) is 3.94. The van der Waals surface area contributed by atoms with E-state index in [0.29, 0.717) is 16.9 Å². The largest absolute Gasteiger partial charge is 0.464 e. The van der Waals surface area contributed by atoms with Crippen LogP contribution in [-0.2, 0) is 4.79 Å². The van der Waals surface area contributed by atoms with E-state index in [9.17, 15) is 14.9 Å². The normalized spacial score (nSPS) is 11.3. The summed E-state index contributed by atoms with van der Waals surface area (Å²) in [7, 11) is 0. The highest BCUT2D eigenvalue weighted by molar-refractivity contribution is 6.23. The average molecular weight is 257 g/mol. The molecule has 2 aromatic rings. The van der Waals surface area contributed by atoms with Crippen LogP contribution in [0, 0.1) is 10.1 Å². The molecule has 0 atom stereocenters. The second kappa shape index (κ2) is 5.30. The molecule has 0 radical (unpaired) electrons. The molecule has 0 saturated carbocycles. The standard InChI is InChI=1S/C14H11NO4/c1-10(16)13(14-6-3-7-19-14)9-11-4-2-5-12(8-11)15(17)18/h2-9H,1H3/b13-9+. The van der Waals surface area contributed by atoms with Crippen molar-refractivity contribution >= 4 is 23.1 Å². The Morgan fingerprint density at radius 3 is 2.68 bits per heavy atom. The van der Waals surface area contributed by atoms with E-state index in [0.717, 1.165) is 0 Å². The van der Waals surface area contributed by atoms with Crippen LogP contribution in [0.4, 0.5) is 5.69 Å². The Balaban J connectivity index is 2.45. The minimum absolute atomic E-state index is 0.0175. The van der Waals surface area contributed by atoms with Crippen molar-refractivity contribution in [2.24, 2.45) is 0 Å². The van der Waals surface area contributed by atoms with E-state index in [1.54, 1.807) is 30.3 Å². The van der Waals surface area contributed by atoms with Gasteiger partial charge in [0, 0.05) is 12.1 Å². The molecule has 0 fully saturated rings. The van der Waals surface area contributed by atoms with Crippen molar-refractivity contribution in [2.45, 2.75) is 6.92 Å². The molecular weight excluding hydrogens is 246 g/mol. The number of ketones is 1. The van der Waals surface area contributed by atoms with Crippen molar-refractivity contribution in [3.05, 3.63) is 64.1 Å². The molecule has 0 spiro atoms. The van der Waals surface area contributed by atoms with Gasteiger partial charge in [0.2, 0.25) is 0 Å². The number of benzene rings is 1. The van der Waals surface area contributed by atoms with E-state index < -0.39 is 4.92 Å². The van der Waals surface area contributed by atoms with E-state index in [2.05, 4.69) is 0 Å². The van der Waals surface area contributed by atoms with Gasteiger partial charge in [0.1, 0.15) is 5.76 Å². The molecule has 1 heterocycles. The Morgan fingerprint density at radius 2 is 2.11 bits per heavy atom. The number of nitro groups is 1. The molecule has 0 N–H and O–H groups in total. The topological polar surface area (TPSA) is 73.3 Å². The molecule has 2 rings (SSSR count). The molecule has 0 aliphatic rings. The summed E-state index contributed by atoms with van der Waals surface area (Å²) in [6.45, 7) is 1.42. The molecule has 96 valence electrons. The van der Waals surface area contributed by atoms with Gasteiger partial charge in [-0.25, -0.2) is 0 Å². The SMILES string of the molecule is CC(=O)/C(=C\c1cccc([N+](=O)[O-])c1)c1ccco1. The minimum atomic E-state index is -0.475. The van der Waals surface area contributed by atoms with Crippen molar-refractivity contribution in [3.63, 3.8) is 0 Å². The van der Waals surface area contributed by atoms with E-state index in [4.69, 9.17) is 4.42 Å². The summed E-state index contributed by atoms with van der Waals surface area (Å²) in [4.78, 5) is 21.8. The number of hydrogen-bond acceptors (Lipinski definition) is 4. The van der Waals surface area contributed by atoms with Crippen LogP contribution in [0.2, 0.25) is 0 Å². The van der Waals surface area contributed by atoms with Crippen molar-refractivity contribution in [3.8, 4) is 0 Å². The summed E-state index contributed by atoms with van der Waals surface area (Å²) in [5.41, 5.74) is 0.942. The summed E-state index contributed by atoms with van der Waals surface area (Å²) in [5.74, 6) is 0.278. The molecule has 0 aliphatic heterocycles. The van der Waals surface area contributed by atoms with Gasteiger partial charge in [-0.3, -0.25) is 14.9 Å². The molecule has 0 amide bonds. The van der Waals surface area contributed by atoms with Crippen molar-refractivity contribution < 1.29 is 14.1 Å². The van der Waals surface area contributed by atoms with Crippen LogP contribution in [0.15, 0.2) is 47.1 Å². The molecule has 19 heavy (non-hydrogen) atoms. The molecule has 0 bridgehead atoms. The minimum Gasteiger partial charge on any atom is -0.464 e. The Labute approximate surface area is 109 Å². The number of non-ortho nitro benzene ring substituents is 1. The smallest absolute Gasteiger partial charge is 0.270 e. The van der Waals surface area contributed by atoms with Crippen molar-refractivity contribution in [2.75, 3.05) is 0 Å². The van der Waals surface area contributed by atoms with E-state index in [-0.39, 0.29) is 11.5 Å². The first-order chi connectivity index (χ1) is 9.08. The first kappa shape index (κ1) is 12.8. The van der Waals surface area contributed by atoms with Crippen LogP contribution in [0.5, 0.6) is 0 Å². The number of rotatable bonds is 4. The number of Topliss-reactive ketones (excluding diaryl/α,β-unsaturated/α-hetero) is 1. The highest BCUT2D eigenvalue weighted by Crippen LogP contribution is 2.22. The highest BCUT2D eigenvalue weighted by Gasteiger charge is 2.11. The van der Waals surface area contributed by atoms with E-state index in [1.165, 1.54) is 25.3 Å². The molecule has 0 saturated heterocycles. The molecule has 1 aromatic heterocycles. The first-order valence-electron chi connectivity index (χ1n) is 5.59. The average Bonchev–Trinajstić information content (AvgIpc) is 2.89. The van der Waals surface area contributed by atoms with E-state index >= 15 is 0 Å². The van der Waals surface area contributed by atoms with Crippen molar-refractivity contribution in [1.29, 1.82) is 0 Å². The Kier molecular flexibility index (Phi) is 3.56. The summed E-state index contributed by atoms with van der Waals surface area (Å²) < 4.78 is 5.18. The zero-order valence-electron chi connectivity index (χ0n) is 10.2. The van der Waals surface area contributed by atoms with Crippen LogP contribution in [-0.4, -0.2) is 10.7 Å². The van der Waals surface area contributed by atoms with E-state index in [1.807, 2.05) is 0 Å². The maximum absolute atomic E-state index is 11.6. The monoisotopic (exact) mass is 257 g/mol. The van der Waals surface area contributed by atoms with Crippen molar-refractivity contribution in [1.82, 2.24) is 0 Å². The van der Waals surface area contributed by atoms with Gasteiger partial charge in [-0.05, 0) is 30.7 Å². The van der Waals surface area contributed by atoms with Gasteiger partial charge < -0.3 is 4.42 Å². The lowest BCUT2D eigenvalue weighted by atomic mass is 10.1. The fraction of sp³-hybridized carbons (Fsp3) is 0.0714. The summed E-state index contributed by atoms with van der Waals surface area (Å²) in [6, 6.07) is 9.43.